The number of ether oxygens (including phenoxy) is 1. The third-order valence-electron chi connectivity index (χ3n) is 3.67. The Balaban J connectivity index is 2.13. The fraction of sp³-hybridized carbons (Fsp3) is 0.625. The topological polar surface area (TPSA) is 12.5 Å². The lowest BCUT2D eigenvalue weighted by atomic mass is 9.92. The smallest absolute Gasteiger partial charge is 0.103 e. The zero-order valence-corrected chi connectivity index (χ0v) is 12.1. The van der Waals surface area contributed by atoms with Gasteiger partial charge in [-0.3, -0.25) is 0 Å². The highest BCUT2D eigenvalue weighted by Crippen LogP contribution is 2.29. The molecule has 1 aromatic rings. The van der Waals surface area contributed by atoms with Crippen molar-refractivity contribution in [2.24, 2.45) is 5.92 Å². The van der Waals surface area contributed by atoms with Crippen LogP contribution in [0.3, 0.4) is 0 Å². The van der Waals surface area contributed by atoms with Gasteiger partial charge in [0.15, 0.2) is 0 Å². The van der Waals surface area contributed by atoms with E-state index in [-0.39, 0.29) is 5.60 Å². The van der Waals surface area contributed by atoms with E-state index in [4.69, 9.17) is 4.74 Å². The number of morpholine rings is 1. The Hall–Kier alpha value is -0.860. The molecular weight excluding hydrogens is 222 g/mol. The fourth-order valence-electron chi connectivity index (χ4n) is 2.71. The van der Waals surface area contributed by atoms with Gasteiger partial charge in [0.1, 0.15) is 5.60 Å². The molecule has 0 radical (unpaired) electrons. The molecule has 0 N–H and O–H groups in total. The van der Waals surface area contributed by atoms with Crippen LogP contribution in [0.5, 0.6) is 0 Å². The maximum Gasteiger partial charge on any atom is 0.103 e. The van der Waals surface area contributed by atoms with Crippen LogP contribution in [0.15, 0.2) is 24.3 Å². The van der Waals surface area contributed by atoms with Gasteiger partial charge in [-0.25, -0.2) is 0 Å². The molecule has 1 aliphatic heterocycles. The van der Waals surface area contributed by atoms with Gasteiger partial charge in [-0.05, 0) is 37.4 Å². The first-order valence-electron chi connectivity index (χ1n) is 6.91. The minimum atomic E-state index is -0.149. The lowest BCUT2D eigenvalue weighted by molar-refractivity contribution is -0.0963. The number of hydrogen-bond donors (Lipinski definition) is 0. The molecule has 1 aromatic carbocycles. The molecule has 0 spiro atoms. The Morgan fingerprint density at radius 3 is 2.50 bits per heavy atom. The molecular formula is C16H25NO. The number of rotatable bonds is 3. The molecule has 18 heavy (non-hydrogen) atoms. The summed E-state index contributed by atoms with van der Waals surface area (Å²) in [6.45, 7) is 9.53. The van der Waals surface area contributed by atoms with E-state index in [1.807, 2.05) is 0 Å². The summed E-state index contributed by atoms with van der Waals surface area (Å²) < 4.78 is 6.00. The standard InChI is InChI=1S/C16H25NO/c1-13(2)11-14-5-7-15(8-6-14)16(3)12-17(4)9-10-18-16/h5-8,13H,9-12H2,1-4H3. The van der Waals surface area contributed by atoms with Crippen molar-refractivity contribution in [3.8, 4) is 0 Å². The van der Waals surface area contributed by atoms with E-state index in [0.717, 1.165) is 26.1 Å². The molecule has 0 aromatic heterocycles. The van der Waals surface area contributed by atoms with Gasteiger partial charge in [-0.15, -0.1) is 0 Å². The molecule has 2 rings (SSSR count). The Morgan fingerprint density at radius 1 is 1.28 bits per heavy atom. The number of hydrogen-bond acceptors (Lipinski definition) is 2. The lowest BCUT2D eigenvalue weighted by Gasteiger charge is -2.39. The summed E-state index contributed by atoms with van der Waals surface area (Å²) in [6.07, 6.45) is 1.15. The molecule has 0 aliphatic carbocycles. The lowest BCUT2D eigenvalue weighted by Crippen LogP contribution is -2.46. The summed E-state index contributed by atoms with van der Waals surface area (Å²) in [4.78, 5) is 2.34. The van der Waals surface area contributed by atoms with Crippen molar-refractivity contribution in [1.29, 1.82) is 0 Å². The SMILES string of the molecule is CC(C)Cc1ccc(C2(C)CN(C)CCO2)cc1. The highest BCUT2D eigenvalue weighted by Gasteiger charge is 2.32. The zero-order chi connectivity index (χ0) is 13.2. The molecule has 100 valence electrons. The molecule has 0 amide bonds. The average molecular weight is 247 g/mol. The van der Waals surface area contributed by atoms with Crippen molar-refractivity contribution in [3.05, 3.63) is 35.4 Å². The van der Waals surface area contributed by atoms with E-state index in [1.165, 1.54) is 11.1 Å². The van der Waals surface area contributed by atoms with E-state index in [0.29, 0.717) is 5.92 Å². The molecule has 0 saturated carbocycles. The molecule has 0 bridgehead atoms. The molecule has 1 fully saturated rings. The van der Waals surface area contributed by atoms with E-state index in [9.17, 15) is 0 Å². The third-order valence-corrected chi connectivity index (χ3v) is 3.67. The third kappa shape index (κ3) is 3.12. The largest absolute Gasteiger partial charge is 0.368 e. The molecule has 1 heterocycles. The van der Waals surface area contributed by atoms with Gasteiger partial charge in [-0.1, -0.05) is 38.1 Å². The van der Waals surface area contributed by atoms with Crippen LogP contribution in [0, 0.1) is 5.92 Å². The van der Waals surface area contributed by atoms with Gasteiger partial charge in [0.25, 0.3) is 0 Å². The monoisotopic (exact) mass is 247 g/mol. The van der Waals surface area contributed by atoms with Crippen LogP contribution in [0.2, 0.25) is 0 Å². The molecule has 2 nitrogen and oxygen atoms in total. The highest BCUT2D eigenvalue weighted by atomic mass is 16.5. The van der Waals surface area contributed by atoms with Crippen LogP contribution in [0.4, 0.5) is 0 Å². The first kappa shape index (κ1) is 13.6. The van der Waals surface area contributed by atoms with Gasteiger partial charge in [0.05, 0.1) is 6.61 Å². The van der Waals surface area contributed by atoms with Crippen molar-refractivity contribution >= 4 is 0 Å². The Kier molecular flexibility index (Phi) is 4.08. The van der Waals surface area contributed by atoms with Crippen molar-refractivity contribution in [2.75, 3.05) is 26.7 Å². The van der Waals surface area contributed by atoms with Crippen LogP contribution < -0.4 is 0 Å². The summed E-state index contributed by atoms with van der Waals surface area (Å²) in [5.41, 5.74) is 2.56. The van der Waals surface area contributed by atoms with Crippen LogP contribution in [-0.4, -0.2) is 31.6 Å². The van der Waals surface area contributed by atoms with Gasteiger partial charge >= 0.3 is 0 Å². The summed E-state index contributed by atoms with van der Waals surface area (Å²) in [6, 6.07) is 8.96. The second-order valence-electron chi connectivity index (χ2n) is 6.11. The molecule has 1 aliphatic rings. The Morgan fingerprint density at radius 2 is 1.94 bits per heavy atom. The molecule has 1 unspecified atom stereocenters. The maximum atomic E-state index is 6.00. The average Bonchev–Trinajstić information content (AvgIpc) is 2.28. The van der Waals surface area contributed by atoms with Gasteiger partial charge < -0.3 is 9.64 Å². The predicted molar refractivity (Wildman–Crippen MR) is 75.8 cm³/mol. The molecule has 1 atom stereocenters. The quantitative estimate of drug-likeness (QED) is 0.814. The molecule has 1 saturated heterocycles. The van der Waals surface area contributed by atoms with Crippen molar-refractivity contribution in [1.82, 2.24) is 4.90 Å². The maximum absolute atomic E-state index is 6.00. The van der Waals surface area contributed by atoms with Crippen molar-refractivity contribution in [3.63, 3.8) is 0 Å². The van der Waals surface area contributed by atoms with E-state index in [1.54, 1.807) is 0 Å². The Labute approximate surface area is 111 Å². The van der Waals surface area contributed by atoms with Crippen LogP contribution in [0.1, 0.15) is 31.9 Å². The minimum Gasteiger partial charge on any atom is -0.368 e. The van der Waals surface area contributed by atoms with Crippen molar-refractivity contribution < 1.29 is 4.74 Å². The number of likely N-dealkylation sites (N-methyl/N-ethyl adjacent to an activating group) is 1. The zero-order valence-electron chi connectivity index (χ0n) is 12.1. The Bertz CT molecular complexity index is 385. The van der Waals surface area contributed by atoms with Crippen LogP contribution in [-0.2, 0) is 16.8 Å². The van der Waals surface area contributed by atoms with Crippen LogP contribution >= 0.6 is 0 Å². The van der Waals surface area contributed by atoms with E-state index in [2.05, 4.69) is 57.0 Å². The minimum absolute atomic E-state index is 0.149. The predicted octanol–water partition coefficient (Wildman–Crippen LogP) is 3.06. The van der Waals surface area contributed by atoms with Gasteiger partial charge in [-0.2, -0.15) is 0 Å². The summed E-state index contributed by atoms with van der Waals surface area (Å²) in [7, 11) is 2.16. The number of benzene rings is 1. The van der Waals surface area contributed by atoms with E-state index < -0.39 is 0 Å². The second kappa shape index (κ2) is 5.41. The first-order valence-corrected chi connectivity index (χ1v) is 6.91. The summed E-state index contributed by atoms with van der Waals surface area (Å²) in [5, 5.41) is 0. The van der Waals surface area contributed by atoms with Gasteiger partial charge in [0, 0.05) is 13.1 Å². The fourth-order valence-corrected chi connectivity index (χ4v) is 2.71. The van der Waals surface area contributed by atoms with E-state index >= 15 is 0 Å². The van der Waals surface area contributed by atoms with Gasteiger partial charge in [0.2, 0.25) is 0 Å². The van der Waals surface area contributed by atoms with Crippen LogP contribution in [0.25, 0.3) is 0 Å². The second-order valence-corrected chi connectivity index (χ2v) is 6.11. The summed E-state index contributed by atoms with van der Waals surface area (Å²) in [5.74, 6) is 0.712. The normalized spacial score (nSPS) is 25.6. The first-order chi connectivity index (χ1) is 8.49. The number of nitrogens with zero attached hydrogens (tertiary/aromatic N) is 1. The van der Waals surface area contributed by atoms with Crippen molar-refractivity contribution in [2.45, 2.75) is 32.8 Å². The summed E-state index contributed by atoms with van der Waals surface area (Å²) >= 11 is 0. The molecule has 2 heteroatoms. The highest BCUT2D eigenvalue weighted by molar-refractivity contribution is 5.28.